The number of carbonyl (C=O) groups is 3. The van der Waals surface area contributed by atoms with Crippen LogP contribution in [0.2, 0.25) is 0 Å². The summed E-state index contributed by atoms with van der Waals surface area (Å²) in [4.78, 5) is 36.0. The van der Waals surface area contributed by atoms with Crippen molar-refractivity contribution in [3.8, 4) is 0 Å². The zero-order chi connectivity index (χ0) is 22.6. The highest BCUT2D eigenvalue weighted by molar-refractivity contribution is 5.94. The van der Waals surface area contributed by atoms with Crippen molar-refractivity contribution in [3.05, 3.63) is 35.5 Å². The van der Waals surface area contributed by atoms with Crippen molar-refractivity contribution in [1.82, 2.24) is 0 Å². The number of aliphatic hydroxyl groups is 1. The molecular weight excluding hydrogens is 396 g/mol. The fraction of sp³-hybridized carbons (Fsp3) is 0.640. The number of ketones is 1. The Bertz CT molecular complexity index is 913. The molecule has 1 unspecified atom stereocenters. The molecule has 0 bridgehead atoms. The second-order valence-corrected chi connectivity index (χ2v) is 10.1. The Morgan fingerprint density at radius 1 is 1.29 bits per heavy atom. The summed E-state index contributed by atoms with van der Waals surface area (Å²) in [6.07, 6.45) is 11.3. The van der Waals surface area contributed by atoms with E-state index < -0.39 is 28.9 Å². The molecule has 0 saturated heterocycles. The smallest absolute Gasteiger partial charge is 0.320 e. The number of aliphatic carboxylic acids is 1. The highest BCUT2D eigenvalue weighted by atomic mass is 16.5. The van der Waals surface area contributed by atoms with Crippen molar-refractivity contribution in [1.29, 1.82) is 0 Å². The van der Waals surface area contributed by atoms with E-state index in [1.807, 2.05) is 6.92 Å². The minimum Gasteiger partial charge on any atom is -0.481 e. The van der Waals surface area contributed by atoms with E-state index in [-0.39, 0.29) is 36.1 Å². The van der Waals surface area contributed by atoms with Crippen molar-refractivity contribution in [2.24, 2.45) is 28.6 Å². The molecule has 0 aromatic rings. The average Bonchev–Trinajstić information content (AvgIpc) is 2.98. The molecule has 1 saturated carbocycles. The van der Waals surface area contributed by atoms with Gasteiger partial charge in [0.2, 0.25) is 0 Å². The number of carbonyl (C=O) groups excluding carboxylic acids is 2. The summed E-state index contributed by atoms with van der Waals surface area (Å²) in [6, 6.07) is 0. The summed E-state index contributed by atoms with van der Waals surface area (Å²) in [7, 11) is 0. The van der Waals surface area contributed by atoms with E-state index >= 15 is 0 Å². The molecule has 0 aromatic heterocycles. The van der Waals surface area contributed by atoms with E-state index in [0.717, 1.165) is 18.4 Å². The summed E-state index contributed by atoms with van der Waals surface area (Å²) in [5.41, 5.74) is 0.428. The predicted octanol–water partition coefficient (Wildman–Crippen LogP) is 3.60. The zero-order valence-electron chi connectivity index (χ0n) is 18.5. The molecule has 4 aliphatic rings. The summed E-state index contributed by atoms with van der Waals surface area (Å²) < 4.78 is 4.97. The topological polar surface area (TPSA) is 101 Å². The zero-order valence-corrected chi connectivity index (χ0v) is 18.5. The maximum absolute atomic E-state index is 12.3. The molecule has 4 aliphatic carbocycles. The van der Waals surface area contributed by atoms with Gasteiger partial charge in [-0.15, -0.1) is 0 Å². The Kier molecular flexibility index (Phi) is 5.28. The van der Waals surface area contributed by atoms with Gasteiger partial charge in [-0.1, -0.05) is 37.6 Å². The second kappa shape index (κ2) is 7.44. The SMILES string of the molecule is CCOC(=O)C(C[C@@]1(O)CC[C@H]2[C@@H]3C=CC4=CC(=O)CC[C@]4(C)C3=CC[C@@]21C)C(=O)O. The quantitative estimate of drug-likeness (QED) is 0.394. The average molecular weight is 429 g/mol. The molecule has 0 aromatic carbocycles. The predicted molar refractivity (Wildman–Crippen MR) is 114 cm³/mol. The van der Waals surface area contributed by atoms with Crippen molar-refractivity contribution in [2.75, 3.05) is 6.61 Å². The van der Waals surface area contributed by atoms with Gasteiger partial charge in [-0.25, -0.2) is 0 Å². The van der Waals surface area contributed by atoms with Crippen LogP contribution >= 0.6 is 0 Å². The van der Waals surface area contributed by atoms with Gasteiger partial charge < -0.3 is 14.9 Å². The van der Waals surface area contributed by atoms with Crippen LogP contribution < -0.4 is 0 Å². The molecule has 1 fully saturated rings. The first-order chi connectivity index (χ1) is 14.6. The van der Waals surface area contributed by atoms with Crippen molar-refractivity contribution in [2.45, 2.75) is 64.9 Å². The van der Waals surface area contributed by atoms with Gasteiger partial charge in [0.1, 0.15) is 0 Å². The minimum atomic E-state index is -1.37. The number of hydrogen-bond donors (Lipinski definition) is 2. The van der Waals surface area contributed by atoms with E-state index in [4.69, 9.17) is 4.74 Å². The monoisotopic (exact) mass is 428 g/mol. The Labute approximate surface area is 183 Å². The number of ether oxygens (including phenoxy) is 1. The molecule has 4 rings (SSSR count). The lowest BCUT2D eigenvalue weighted by Crippen LogP contribution is -2.52. The molecule has 31 heavy (non-hydrogen) atoms. The van der Waals surface area contributed by atoms with Crippen LogP contribution in [0.15, 0.2) is 35.5 Å². The Morgan fingerprint density at radius 3 is 2.71 bits per heavy atom. The molecule has 168 valence electrons. The van der Waals surface area contributed by atoms with E-state index in [1.165, 1.54) is 5.57 Å². The van der Waals surface area contributed by atoms with Crippen LogP contribution in [0.1, 0.15) is 59.3 Å². The standard InChI is InChI=1S/C25H32O6/c1-4-31-22(29)18(21(27)28)14-25(30)12-9-20-17-6-5-15-13-16(26)7-10-23(15,2)19(17)8-11-24(20,25)3/h5-6,8,13,17-18,20,30H,4,7,9-12,14H2,1-3H3,(H,27,28)/t17-,18?,20+,23+,24+,25+/m1/s1. The van der Waals surface area contributed by atoms with Gasteiger partial charge >= 0.3 is 11.9 Å². The third-order valence-electron chi connectivity index (χ3n) is 8.65. The third kappa shape index (κ3) is 3.22. The molecule has 0 heterocycles. The summed E-state index contributed by atoms with van der Waals surface area (Å²) in [5.74, 6) is -2.93. The first-order valence-corrected chi connectivity index (χ1v) is 11.3. The fourth-order valence-corrected chi connectivity index (χ4v) is 6.63. The largest absolute Gasteiger partial charge is 0.481 e. The lowest BCUT2D eigenvalue weighted by atomic mass is 9.52. The number of fused-ring (bicyclic) bond motifs is 5. The molecule has 6 heteroatoms. The molecule has 6 atom stereocenters. The van der Waals surface area contributed by atoms with Crippen molar-refractivity contribution < 1.29 is 29.3 Å². The fourth-order valence-electron chi connectivity index (χ4n) is 6.63. The van der Waals surface area contributed by atoms with Crippen LogP contribution in [-0.2, 0) is 19.1 Å². The molecule has 0 radical (unpaired) electrons. The molecule has 0 aliphatic heterocycles. The van der Waals surface area contributed by atoms with E-state index in [2.05, 4.69) is 25.2 Å². The Balaban J connectivity index is 1.66. The van der Waals surface area contributed by atoms with Crippen LogP contribution in [0, 0.1) is 28.6 Å². The van der Waals surface area contributed by atoms with Crippen LogP contribution in [0.3, 0.4) is 0 Å². The van der Waals surface area contributed by atoms with Gasteiger partial charge in [-0.05, 0) is 50.2 Å². The maximum Gasteiger partial charge on any atom is 0.320 e. The normalized spacial score (nSPS) is 39.5. The second-order valence-electron chi connectivity index (χ2n) is 10.1. The maximum atomic E-state index is 12.3. The number of esters is 1. The summed E-state index contributed by atoms with van der Waals surface area (Å²) in [5, 5.41) is 21.4. The van der Waals surface area contributed by atoms with Crippen molar-refractivity contribution in [3.63, 3.8) is 0 Å². The first-order valence-electron chi connectivity index (χ1n) is 11.3. The lowest BCUT2D eigenvalue weighted by molar-refractivity contribution is -0.165. The lowest BCUT2D eigenvalue weighted by Gasteiger charge is -2.53. The van der Waals surface area contributed by atoms with Gasteiger partial charge in [-0.3, -0.25) is 14.4 Å². The van der Waals surface area contributed by atoms with Crippen LogP contribution in [0.5, 0.6) is 0 Å². The molecule has 6 nitrogen and oxygen atoms in total. The first kappa shape index (κ1) is 22.0. The number of carboxylic acids is 1. The van der Waals surface area contributed by atoms with Gasteiger partial charge in [0.15, 0.2) is 11.7 Å². The van der Waals surface area contributed by atoms with E-state index in [1.54, 1.807) is 13.0 Å². The molecule has 0 spiro atoms. The highest BCUT2D eigenvalue weighted by Gasteiger charge is 2.62. The van der Waals surface area contributed by atoms with Crippen molar-refractivity contribution >= 4 is 17.7 Å². The van der Waals surface area contributed by atoms with Gasteiger partial charge in [-0.2, -0.15) is 0 Å². The van der Waals surface area contributed by atoms with Crippen LogP contribution in [-0.4, -0.2) is 40.1 Å². The molecular formula is C25H32O6. The van der Waals surface area contributed by atoms with Crippen LogP contribution in [0.4, 0.5) is 0 Å². The number of hydrogen-bond acceptors (Lipinski definition) is 5. The van der Waals surface area contributed by atoms with E-state index in [9.17, 15) is 24.6 Å². The number of allylic oxidation sites excluding steroid dienone is 6. The molecule has 2 N–H and O–H groups in total. The Morgan fingerprint density at radius 2 is 2.03 bits per heavy atom. The number of carboxylic acid groups (broad SMARTS) is 1. The summed E-state index contributed by atoms with van der Waals surface area (Å²) >= 11 is 0. The third-order valence-corrected chi connectivity index (χ3v) is 8.65. The highest BCUT2D eigenvalue weighted by Crippen LogP contribution is 2.65. The van der Waals surface area contributed by atoms with Crippen LogP contribution in [0.25, 0.3) is 0 Å². The minimum absolute atomic E-state index is 0.108. The van der Waals surface area contributed by atoms with Gasteiger partial charge in [0, 0.05) is 29.6 Å². The van der Waals surface area contributed by atoms with E-state index in [0.29, 0.717) is 19.3 Å². The Hall–Kier alpha value is -2.21. The van der Waals surface area contributed by atoms with Gasteiger partial charge in [0.25, 0.3) is 0 Å². The van der Waals surface area contributed by atoms with Gasteiger partial charge in [0.05, 0.1) is 12.2 Å². The number of rotatable bonds is 5. The summed E-state index contributed by atoms with van der Waals surface area (Å²) in [6.45, 7) is 5.99. The molecule has 0 amide bonds.